The van der Waals surface area contributed by atoms with E-state index in [2.05, 4.69) is 11.4 Å². The minimum Gasteiger partial charge on any atom is -0.314 e. The molecule has 2 heteroatoms. The number of hydrogen-bond acceptors (Lipinski definition) is 2. The Bertz CT molecular complexity index is 209. The third-order valence-electron chi connectivity index (χ3n) is 3.32. The Kier molecular flexibility index (Phi) is 5.11. The second kappa shape index (κ2) is 6.12. The SMILES string of the molecule is CC(C)(C#N)CCCNC1CCCCC1. The number of nitrogens with one attached hydrogen (secondary N) is 1. The fraction of sp³-hybridized carbons (Fsp3) is 0.923. The first-order valence-corrected chi connectivity index (χ1v) is 6.29. The zero-order valence-corrected chi connectivity index (χ0v) is 10.2. The lowest BCUT2D eigenvalue weighted by molar-refractivity contribution is 0.356. The molecule has 2 nitrogen and oxygen atoms in total. The van der Waals surface area contributed by atoms with Crippen molar-refractivity contribution in [2.75, 3.05) is 6.54 Å². The zero-order chi connectivity index (χ0) is 11.1. The van der Waals surface area contributed by atoms with E-state index in [1.54, 1.807) is 0 Å². The highest BCUT2D eigenvalue weighted by atomic mass is 14.9. The molecule has 0 saturated heterocycles. The fourth-order valence-electron chi connectivity index (χ4n) is 2.20. The average Bonchev–Trinajstić information content (AvgIpc) is 2.26. The van der Waals surface area contributed by atoms with Gasteiger partial charge in [-0.2, -0.15) is 5.26 Å². The summed E-state index contributed by atoms with van der Waals surface area (Å²) < 4.78 is 0. The van der Waals surface area contributed by atoms with E-state index in [-0.39, 0.29) is 5.41 Å². The minimum atomic E-state index is -0.145. The largest absolute Gasteiger partial charge is 0.314 e. The molecule has 1 aliphatic rings. The van der Waals surface area contributed by atoms with Gasteiger partial charge in [-0.05, 0) is 46.1 Å². The molecule has 1 rings (SSSR count). The van der Waals surface area contributed by atoms with Crippen LogP contribution in [0.2, 0.25) is 0 Å². The first-order chi connectivity index (χ1) is 7.14. The Balaban J connectivity index is 2.04. The van der Waals surface area contributed by atoms with Crippen molar-refractivity contribution in [3.05, 3.63) is 0 Å². The number of rotatable bonds is 5. The maximum absolute atomic E-state index is 8.87. The second-order valence-electron chi connectivity index (χ2n) is 5.39. The molecule has 1 saturated carbocycles. The van der Waals surface area contributed by atoms with E-state index in [1.165, 1.54) is 32.1 Å². The number of nitrogens with zero attached hydrogens (tertiary/aromatic N) is 1. The van der Waals surface area contributed by atoms with E-state index in [1.807, 2.05) is 13.8 Å². The molecule has 0 atom stereocenters. The molecule has 15 heavy (non-hydrogen) atoms. The Hall–Kier alpha value is -0.550. The van der Waals surface area contributed by atoms with Crippen molar-refractivity contribution in [2.45, 2.75) is 64.8 Å². The molecule has 0 amide bonds. The molecular weight excluding hydrogens is 184 g/mol. The van der Waals surface area contributed by atoms with Crippen molar-refractivity contribution < 1.29 is 0 Å². The van der Waals surface area contributed by atoms with Crippen LogP contribution in [0.5, 0.6) is 0 Å². The van der Waals surface area contributed by atoms with Crippen LogP contribution in [0, 0.1) is 16.7 Å². The minimum absolute atomic E-state index is 0.145. The van der Waals surface area contributed by atoms with Crippen LogP contribution in [-0.4, -0.2) is 12.6 Å². The van der Waals surface area contributed by atoms with Crippen molar-refractivity contribution in [3.63, 3.8) is 0 Å². The van der Waals surface area contributed by atoms with Crippen LogP contribution >= 0.6 is 0 Å². The lowest BCUT2D eigenvalue weighted by Gasteiger charge is -2.23. The van der Waals surface area contributed by atoms with E-state index in [4.69, 9.17) is 5.26 Å². The highest BCUT2D eigenvalue weighted by Gasteiger charge is 2.16. The lowest BCUT2D eigenvalue weighted by Crippen LogP contribution is -2.32. The number of hydrogen-bond donors (Lipinski definition) is 1. The molecule has 0 heterocycles. The van der Waals surface area contributed by atoms with Gasteiger partial charge in [-0.15, -0.1) is 0 Å². The Labute approximate surface area is 94.1 Å². The Morgan fingerprint density at radius 2 is 1.93 bits per heavy atom. The van der Waals surface area contributed by atoms with Crippen LogP contribution in [0.15, 0.2) is 0 Å². The maximum atomic E-state index is 8.87. The highest BCUT2D eigenvalue weighted by molar-refractivity contribution is 4.91. The van der Waals surface area contributed by atoms with Crippen molar-refractivity contribution in [2.24, 2.45) is 5.41 Å². The van der Waals surface area contributed by atoms with Crippen LogP contribution < -0.4 is 5.32 Å². The van der Waals surface area contributed by atoms with Crippen molar-refractivity contribution in [1.29, 1.82) is 5.26 Å². The molecule has 1 aliphatic carbocycles. The van der Waals surface area contributed by atoms with Gasteiger partial charge in [0.1, 0.15) is 0 Å². The van der Waals surface area contributed by atoms with Gasteiger partial charge >= 0.3 is 0 Å². The highest BCUT2D eigenvalue weighted by Crippen LogP contribution is 2.21. The van der Waals surface area contributed by atoms with Crippen molar-refractivity contribution in [3.8, 4) is 6.07 Å². The van der Waals surface area contributed by atoms with Gasteiger partial charge in [0.05, 0.1) is 11.5 Å². The summed E-state index contributed by atoms with van der Waals surface area (Å²) in [7, 11) is 0. The van der Waals surface area contributed by atoms with Gasteiger partial charge in [0.25, 0.3) is 0 Å². The first kappa shape index (κ1) is 12.5. The normalized spacial score (nSPS) is 18.7. The summed E-state index contributed by atoms with van der Waals surface area (Å²) in [6.45, 7) is 5.12. The van der Waals surface area contributed by atoms with Gasteiger partial charge in [-0.1, -0.05) is 19.3 Å². The monoisotopic (exact) mass is 208 g/mol. The molecule has 0 unspecified atom stereocenters. The van der Waals surface area contributed by atoms with Crippen LogP contribution in [0.3, 0.4) is 0 Å². The standard InChI is InChI=1S/C13H24N2/c1-13(2,11-14)9-6-10-15-12-7-4-3-5-8-12/h12,15H,3-10H2,1-2H3. The Morgan fingerprint density at radius 1 is 1.27 bits per heavy atom. The van der Waals surface area contributed by atoms with E-state index < -0.39 is 0 Å². The molecule has 0 aromatic carbocycles. The fourth-order valence-corrected chi connectivity index (χ4v) is 2.20. The van der Waals surface area contributed by atoms with Crippen LogP contribution in [0.1, 0.15) is 58.8 Å². The van der Waals surface area contributed by atoms with E-state index in [9.17, 15) is 0 Å². The smallest absolute Gasteiger partial charge is 0.0683 e. The van der Waals surface area contributed by atoms with E-state index in [0.717, 1.165) is 25.4 Å². The molecule has 0 aromatic heterocycles. The topological polar surface area (TPSA) is 35.8 Å². The number of nitriles is 1. The molecule has 0 bridgehead atoms. The summed E-state index contributed by atoms with van der Waals surface area (Å²) in [5, 5.41) is 12.5. The lowest BCUT2D eigenvalue weighted by atomic mass is 9.89. The van der Waals surface area contributed by atoms with Crippen molar-refractivity contribution >= 4 is 0 Å². The van der Waals surface area contributed by atoms with Gasteiger partial charge in [0, 0.05) is 6.04 Å². The summed E-state index contributed by atoms with van der Waals surface area (Å²) in [5.41, 5.74) is -0.145. The van der Waals surface area contributed by atoms with Gasteiger partial charge in [-0.25, -0.2) is 0 Å². The molecule has 0 radical (unpaired) electrons. The zero-order valence-electron chi connectivity index (χ0n) is 10.2. The van der Waals surface area contributed by atoms with Gasteiger partial charge in [-0.3, -0.25) is 0 Å². The quantitative estimate of drug-likeness (QED) is 0.704. The molecule has 0 aromatic rings. The molecular formula is C13H24N2. The molecule has 1 N–H and O–H groups in total. The average molecular weight is 208 g/mol. The van der Waals surface area contributed by atoms with Crippen molar-refractivity contribution in [1.82, 2.24) is 5.32 Å². The van der Waals surface area contributed by atoms with Crippen LogP contribution in [-0.2, 0) is 0 Å². The van der Waals surface area contributed by atoms with Crippen LogP contribution in [0.25, 0.3) is 0 Å². The van der Waals surface area contributed by atoms with E-state index >= 15 is 0 Å². The summed E-state index contributed by atoms with van der Waals surface area (Å²) >= 11 is 0. The third-order valence-corrected chi connectivity index (χ3v) is 3.32. The molecule has 0 aliphatic heterocycles. The third kappa shape index (κ3) is 5.18. The van der Waals surface area contributed by atoms with Gasteiger partial charge < -0.3 is 5.32 Å². The predicted octanol–water partition coefficient (Wildman–Crippen LogP) is 3.24. The van der Waals surface area contributed by atoms with E-state index in [0.29, 0.717) is 0 Å². The first-order valence-electron chi connectivity index (χ1n) is 6.29. The van der Waals surface area contributed by atoms with Gasteiger partial charge in [0.2, 0.25) is 0 Å². The summed E-state index contributed by atoms with van der Waals surface area (Å²) in [6.07, 6.45) is 9.02. The van der Waals surface area contributed by atoms with Crippen LogP contribution in [0.4, 0.5) is 0 Å². The Morgan fingerprint density at radius 3 is 2.53 bits per heavy atom. The summed E-state index contributed by atoms with van der Waals surface area (Å²) in [4.78, 5) is 0. The second-order valence-corrected chi connectivity index (χ2v) is 5.39. The van der Waals surface area contributed by atoms with Gasteiger partial charge in [0.15, 0.2) is 0 Å². The molecule has 86 valence electrons. The molecule has 1 fully saturated rings. The maximum Gasteiger partial charge on any atom is 0.0683 e. The molecule has 0 spiro atoms. The predicted molar refractivity (Wildman–Crippen MR) is 63.5 cm³/mol. The summed E-state index contributed by atoms with van der Waals surface area (Å²) in [6, 6.07) is 3.11. The summed E-state index contributed by atoms with van der Waals surface area (Å²) in [5.74, 6) is 0.